The van der Waals surface area contributed by atoms with Crippen molar-refractivity contribution >= 4 is 23.2 Å². The van der Waals surface area contributed by atoms with Crippen molar-refractivity contribution in [3.63, 3.8) is 0 Å². The second kappa shape index (κ2) is 15.6. The normalized spacial score (nSPS) is 11.4. The number of aliphatic hydroxyl groups is 1. The summed E-state index contributed by atoms with van der Waals surface area (Å²) in [7, 11) is 0. The summed E-state index contributed by atoms with van der Waals surface area (Å²) >= 11 is 5.81. The molecule has 0 saturated carbocycles. The highest BCUT2D eigenvalue weighted by molar-refractivity contribution is 6.30. The van der Waals surface area contributed by atoms with E-state index in [0.29, 0.717) is 17.2 Å². The molecule has 0 aliphatic rings. The van der Waals surface area contributed by atoms with Crippen molar-refractivity contribution in [2.24, 2.45) is 0 Å². The third kappa shape index (κ3) is 8.53. The zero-order chi connectivity index (χ0) is 35.1. The third-order valence-corrected chi connectivity index (χ3v) is 7.45. The topological polar surface area (TPSA) is 97.5 Å². The molecular weight excluding hydrogens is 655 g/mol. The zero-order valence-corrected chi connectivity index (χ0v) is 27.4. The number of nitrogens with one attached hydrogen (secondary N) is 1. The number of amides is 1. The first kappa shape index (κ1) is 34.9. The molecule has 0 saturated heterocycles. The van der Waals surface area contributed by atoms with Gasteiger partial charge in [0.2, 0.25) is 0 Å². The quantitative estimate of drug-likeness (QED) is 0.166. The van der Waals surface area contributed by atoms with Crippen LogP contribution < -0.4 is 10.1 Å². The third-order valence-electron chi connectivity index (χ3n) is 7.22. The number of ether oxygens (including phenoxy) is 1. The van der Waals surface area contributed by atoms with Crippen LogP contribution in [0.2, 0.25) is 5.02 Å². The number of aromatic nitrogens is 2. The van der Waals surface area contributed by atoms with E-state index in [0.717, 1.165) is 35.2 Å². The maximum absolute atomic E-state index is 14.5. The molecule has 0 spiro atoms. The number of aliphatic hydroxyl groups excluding tert-OH is 1. The molecule has 4 aromatic carbocycles. The van der Waals surface area contributed by atoms with Gasteiger partial charge in [0.15, 0.2) is 5.76 Å². The van der Waals surface area contributed by atoms with Gasteiger partial charge in [-0.1, -0.05) is 47.1 Å². The van der Waals surface area contributed by atoms with Crippen molar-refractivity contribution < 1.29 is 32.3 Å². The second-order valence-corrected chi connectivity index (χ2v) is 11.6. The van der Waals surface area contributed by atoms with E-state index in [4.69, 9.17) is 20.9 Å². The number of carbonyl (C=O) groups is 1. The number of rotatable bonds is 8. The van der Waals surface area contributed by atoms with E-state index in [1.165, 1.54) is 24.5 Å². The molecule has 0 aliphatic heterocycles. The zero-order valence-electron chi connectivity index (χ0n) is 26.6. The van der Waals surface area contributed by atoms with Gasteiger partial charge in [-0.2, -0.15) is 0 Å². The molecule has 2 N–H and O–H groups in total. The monoisotopic (exact) mass is 685 g/mol. The minimum Gasteiger partial charge on any atom is -0.491 e. The number of aryl methyl sites for hydroxylation is 1. The van der Waals surface area contributed by atoms with E-state index < -0.39 is 23.6 Å². The lowest BCUT2D eigenvalue weighted by molar-refractivity contribution is 0.102. The van der Waals surface area contributed by atoms with Gasteiger partial charge in [-0.25, -0.2) is 13.2 Å². The van der Waals surface area contributed by atoms with Crippen molar-refractivity contribution in [1.29, 1.82) is 0 Å². The van der Waals surface area contributed by atoms with E-state index in [2.05, 4.69) is 15.5 Å². The SMILES string of the molecule is Cc1ccccc1C(=O)Nc1cccc(OC(C)C)c1.OC(c1cccnc1)c1c(-c2ccc(Cl)cc2F)noc1-c1ccc(F)cc1F. The van der Waals surface area contributed by atoms with Crippen LogP contribution >= 0.6 is 11.6 Å². The van der Waals surface area contributed by atoms with E-state index in [-0.39, 0.29) is 45.2 Å². The van der Waals surface area contributed by atoms with E-state index in [1.807, 2.05) is 69.3 Å². The Labute approximate surface area is 286 Å². The molecule has 49 heavy (non-hydrogen) atoms. The van der Waals surface area contributed by atoms with Crippen LogP contribution in [0.15, 0.2) is 114 Å². The maximum atomic E-state index is 14.5. The highest BCUT2D eigenvalue weighted by Gasteiger charge is 2.29. The molecule has 0 bridgehead atoms. The molecule has 1 unspecified atom stereocenters. The highest BCUT2D eigenvalue weighted by atomic mass is 35.5. The fraction of sp³-hybridized carbons (Fsp3) is 0.132. The average molecular weight is 686 g/mol. The number of carbonyl (C=O) groups excluding carboxylic acids is 1. The number of halogens is 4. The molecule has 0 aliphatic carbocycles. The number of hydrogen-bond acceptors (Lipinski definition) is 6. The van der Waals surface area contributed by atoms with Crippen molar-refractivity contribution in [2.75, 3.05) is 5.32 Å². The first-order chi connectivity index (χ1) is 23.5. The van der Waals surface area contributed by atoms with Gasteiger partial charge in [0.25, 0.3) is 5.91 Å². The van der Waals surface area contributed by atoms with Gasteiger partial charge in [0.05, 0.1) is 17.2 Å². The summed E-state index contributed by atoms with van der Waals surface area (Å²) in [5.41, 5.74) is 2.59. The Morgan fingerprint density at radius 1 is 0.898 bits per heavy atom. The largest absolute Gasteiger partial charge is 0.491 e. The van der Waals surface area contributed by atoms with Crippen molar-refractivity contribution in [2.45, 2.75) is 33.0 Å². The summed E-state index contributed by atoms with van der Waals surface area (Å²) in [6.45, 7) is 5.87. The number of hydrogen-bond donors (Lipinski definition) is 2. The summed E-state index contributed by atoms with van der Waals surface area (Å²) in [5.74, 6) is -1.89. The molecule has 250 valence electrons. The minimum absolute atomic E-state index is 0.00450. The summed E-state index contributed by atoms with van der Waals surface area (Å²) in [6, 6.07) is 24.9. The molecule has 11 heteroatoms. The second-order valence-electron chi connectivity index (χ2n) is 11.2. The first-order valence-corrected chi connectivity index (χ1v) is 15.5. The van der Waals surface area contributed by atoms with Gasteiger partial charge < -0.3 is 19.7 Å². The first-order valence-electron chi connectivity index (χ1n) is 15.1. The Morgan fingerprint density at radius 2 is 1.65 bits per heavy atom. The Balaban J connectivity index is 0.000000205. The van der Waals surface area contributed by atoms with E-state index in [9.17, 15) is 23.1 Å². The molecule has 0 fully saturated rings. The maximum Gasteiger partial charge on any atom is 0.255 e. The van der Waals surface area contributed by atoms with Crippen molar-refractivity contribution in [3.05, 3.63) is 154 Å². The fourth-order valence-corrected chi connectivity index (χ4v) is 5.10. The van der Waals surface area contributed by atoms with Crippen molar-refractivity contribution in [1.82, 2.24) is 10.1 Å². The Morgan fingerprint density at radius 3 is 2.35 bits per heavy atom. The van der Waals surface area contributed by atoms with E-state index in [1.54, 1.807) is 12.1 Å². The standard InChI is InChI=1S/C21H12ClF3N2O2.C17H19NO2/c22-12-3-5-14(16(24)8-12)19-18(20(28)11-2-1-7-26-10-11)21(29-27-19)15-6-4-13(23)9-17(15)25;1-12(2)20-15-9-6-8-14(11-15)18-17(19)16-10-5-4-7-13(16)3/h1-10,20,28H;4-12H,1-3H3,(H,18,19). The summed E-state index contributed by atoms with van der Waals surface area (Å²) < 4.78 is 53.2. The lowest BCUT2D eigenvalue weighted by Crippen LogP contribution is -2.13. The van der Waals surface area contributed by atoms with E-state index >= 15 is 0 Å². The number of nitrogens with zero attached hydrogens (tertiary/aromatic N) is 2. The lowest BCUT2D eigenvalue weighted by atomic mass is 9.94. The number of benzene rings is 4. The molecule has 2 aromatic heterocycles. The minimum atomic E-state index is -1.36. The smallest absolute Gasteiger partial charge is 0.255 e. The average Bonchev–Trinajstić information content (AvgIpc) is 3.49. The molecule has 2 heterocycles. The summed E-state index contributed by atoms with van der Waals surface area (Å²) in [6.07, 6.45) is 1.67. The molecular formula is C38H31ClF3N3O4. The van der Waals surface area contributed by atoms with Crippen LogP contribution in [0, 0.1) is 24.4 Å². The van der Waals surface area contributed by atoms with Crippen LogP contribution in [-0.2, 0) is 0 Å². The number of anilines is 1. The lowest BCUT2D eigenvalue weighted by Gasteiger charge is -2.13. The summed E-state index contributed by atoms with van der Waals surface area (Å²) in [4.78, 5) is 16.2. The van der Waals surface area contributed by atoms with Crippen LogP contribution in [0.25, 0.3) is 22.6 Å². The predicted molar refractivity (Wildman–Crippen MR) is 182 cm³/mol. The van der Waals surface area contributed by atoms with Gasteiger partial charge in [-0.15, -0.1) is 0 Å². The van der Waals surface area contributed by atoms with Gasteiger partial charge in [0.1, 0.15) is 35.0 Å². The van der Waals surface area contributed by atoms with Crippen LogP contribution in [0.5, 0.6) is 5.75 Å². The molecule has 0 radical (unpaired) electrons. The van der Waals surface area contributed by atoms with Crippen LogP contribution in [0.4, 0.5) is 18.9 Å². The van der Waals surface area contributed by atoms with Gasteiger partial charge in [-0.05, 0) is 80.9 Å². The summed E-state index contributed by atoms with van der Waals surface area (Å²) in [5, 5.41) is 17.9. The van der Waals surface area contributed by atoms with Gasteiger partial charge >= 0.3 is 0 Å². The van der Waals surface area contributed by atoms with Crippen LogP contribution in [0.1, 0.15) is 47.0 Å². The molecule has 1 atom stereocenters. The Hall–Kier alpha value is -5.45. The van der Waals surface area contributed by atoms with Crippen LogP contribution in [0.3, 0.4) is 0 Å². The van der Waals surface area contributed by atoms with Gasteiger partial charge in [0, 0.05) is 51.9 Å². The van der Waals surface area contributed by atoms with Gasteiger partial charge in [-0.3, -0.25) is 9.78 Å². The molecule has 1 amide bonds. The number of pyridine rings is 1. The Kier molecular flexibility index (Phi) is 11.1. The molecule has 6 rings (SSSR count). The van der Waals surface area contributed by atoms with Crippen molar-refractivity contribution in [3.8, 4) is 28.3 Å². The molecule has 7 nitrogen and oxygen atoms in total. The fourth-order valence-electron chi connectivity index (χ4n) is 4.94. The van der Waals surface area contributed by atoms with Crippen LogP contribution in [-0.4, -0.2) is 27.3 Å². The highest BCUT2D eigenvalue weighted by Crippen LogP contribution is 2.41. The Bertz CT molecular complexity index is 2000. The molecule has 6 aromatic rings. The predicted octanol–water partition coefficient (Wildman–Crippen LogP) is 9.59.